The van der Waals surface area contributed by atoms with Crippen LogP contribution in [0, 0.1) is 5.92 Å². The van der Waals surface area contributed by atoms with E-state index in [1.54, 1.807) is 16.9 Å². The van der Waals surface area contributed by atoms with Crippen molar-refractivity contribution in [3.8, 4) is 5.75 Å². The lowest BCUT2D eigenvalue weighted by Crippen LogP contribution is -2.54. The van der Waals surface area contributed by atoms with Gasteiger partial charge >= 0.3 is 6.03 Å². The predicted molar refractivity (Wildman–Crippen MR) is 97.5 cm³/mol. The molecule has 1 aliphatic heterocycles. The first-order valence-electron chi connectivity index (χ1n) is 8.97. The molecule has 1 atom stereocenters. The van der Waals surface area contributed by atoms with Crippen LogP contribution < -0.4 is 10.1 Å². The van der Waals surface area contributed by atoms with Gasteiger partial charge in [-0.15, -0.1) is 0 Å². The maximum Gasteiger partial charge on any atom is 0.317 e. The monoisotopic (exact) mass is 347 g/mol. The molecule has 1 aromatic rings. The number of amides is 3. The minimum Gasteiger partial charge on any atom is -0.497 e. The van der Waals surface area contributed by atoms with E-state index in [-0.39, 0.29) is 18.5 Å². The Morgan fingerprint density at radius 2 is 2.16 bits per heavy atom. The third kappa shape index (κ3) is 5.66. The van der Waals surface area contributed by atoms with Crippen LogP contribution in [0.25, 0.3) is 0 Å². The van der Waals surface area contributed by atoms with E-state index >= 15 is 0 Å². The second-order valence-corrected chi connectivity index (χ2v) is 6.62. The van der Waals surface area contributed by atoms with Gasteiger partial charge in [0.1, 0.15) is 12.3 Å². The number of nitrogens with one attached hydrogen (secondary N) is 1. The van der Waals surface area contributed by atoms with Crippen molar-refractivity contribution >= 4 is 11.9 Å². The molecule has 0 aromatic heterocycles. The number of carbonyl (C=O) groups is 2. The lowest BCUT2D eigenvalue weighted by atomic mass is 10.1. The van der Waals surface area contributed by atoms with E-state index in [1.165, 1.54) is 0 Å². The molecule has 1 heterocycles. The third-order valence-electron chi connectivity index (χ3n) is 4.72. The summed E-state index contributed by atoms with van der Waals surface area (Å²) in [4.78, 5) is 27.9. The second kappa shape index (κ2) is 9.30. The first kappa shape index (κ1) is 19.1. The van der Waals surface area contributed by atoms with Crippen LogP contribution in [0.2, 0.25) is 0 Å². The van der Waals surface area contributed by atoms with Crippen molar-refractivity contribution in [3.63, 3.8) is 0 Å². The summed E-state index contributed by atoms with van der Waals surface area (Å²) in [6, 6.07) is 7.56. The topological polar surface area (TPSA) is 61.9 Å². The summed E-state index contributed by atoms with van der Waals surface area (Å²) in [5.74, 6) is 1.36. The number of carbonyl (C=O) groups excluding carboxylic acids is 2. The number of piperazine rings is 1. The summed E-state index contributed by atoms with van der Waals surface area (Å²) in [5.41, 5.74) is 1.03. The van der Waals surface area contributed by atoms with Crippen LogP contribution >= 0.6 is 0 Å². The number of nitrogens with zero attached hydrogens (tertiary/aromatic N) is 2. The van der Waals surface area contributed by atoms with E-state index < -0.39 is 0 Å². The zero-order valence-corrected chi connectivity index (χ0v) is 15.5. The highest BCUT2D eigenvalue weighted by Crippen LogP contribution is 2.16. The fourth-order valence-corrected chi connectivity index (χ4v) is 2.78. The molecule has 1 aromatic carbocycles. The molecule has 0 aliphatic carbocycles. The normalized spacial score (nSPS) is 15.9. The molecule has 6 nitrogen and oxygen atoms in total. The fourth-order valence-electron chi connectivity index (χ4n) is 2.78. The first-order chi connectivity index (χ1) is 12.0. The molecule has 0 saturated carbocycles. The summed E-state index contributed by atoms with van der Waals surface area (Å²) in [6.07, 6.45) is 2.07. The van der Waals surface area contributed by atoms with Crippen molar-refractivity contribution in [2.24, 2.45) is 5.92 Å². The Labute approximate surface area is 150 Å². The average molecular weight is 347 g/mol. The van der Waals surface area contributed by atoms with Crippen molar-refractivity contribution in [3.05, 3.63) is 29.8 Å². The second-order valence-electron chi connectivity index (χ2n) is 6.62. The average Bonchev–Trinajstić information content (AvgIpc) is 2.63. The van der Waals surface area contributed by atoms with Gasteiger partial charge in [0.2, 0.25) is 5.91 Å². The third-order valence-corrected chi connectivity index (χ3v) is 4.72. The van der Waals surface area contributed by atoms with Crippen LogP contribution in [0.3, 0.4) is 0 Å². The molecule has 1 unspecified atom stereocenters. The van der Waals surface area contributed by atoms with Gasteiger partial charge in [0.15, 0.2) is 0 Å². The standard InChI is InChI=1S/C19H29N3O3/c1-4-15(2)8-9-20-19(24)22-11-10-21(18(23)14-22)13-16-6-5-7-17(12-16)25-3/h5-7,12,15H,4,8-11,13-14H2,1-3H3,(H,20,24). The van der Waals surface area contributed by atoms with Crippen LogP contribution in [0.5, 0.6) is 5.75 Å². The van der Waals surface area contributed by atoms with Gasteiger partial charge in [0.25, 0.3) is 0 Å². The van der Waals surface area contributed by atoms with Crippen LogP contribution in [-0.2, 0) is 11.3 Å². The lowest BCUT2D eigenvalue weighted by Gasteiger charge is -2.34. The first-order valence-corrected chi connectivity index (χ1v) is 8.97. The van der Waals surface area contributed by atoms with E-state index in [1.807, 2.05) is 24.3 Å². The van der Waals surface area contributed by atoms with E-state index in [9.17, 15) is 9.59 Å². The van der Waals surface area contributed by atoms with E-state index in [0.29, 0.717) is 32.1 Å². The van der Waals surface area contributed by atoms with Crippen LogP contribution in [0.15, 0.2) is 24.3 Å². The summed E-state index contributed by atoms with van der Waals surface area (Å²) in [5, 5.41) is 2.92. The largest absolute Gasteiger partial charge is 0.497 e. The Morgan fingerprint density at radius 3 is 2.84 bits per heavy atom. The molecule has 0 spiro atoms. The minimum atomic E-state index is -0.141. The smallest absolute Gasteiger partial charge is 0.317 e. The maximum absolute atomic E-state index is 12.4. The van der Waals surface area contributed by atoms with E-state index in [2.05, 4.69) is 19.2 Å². The van der Waals surface area contributed by atoms with Crippen molar-refractivity contribution in [2.75, 3.05) is 33.3 Å². The highest BCUT2D eigenvalue weighted by molar-refractivity contribution is 5.85. The molecule has 1 saturated heterocycles. The van der Waals surface area contributed by atoms with Gasteiger partial charge in [-0.05, 0) is 30.0 Å². The van der Waals surface area contributed by atoms with Crippen molar-refractivity contribution in [2.45, 2.75) is 33.2 Å². The highest BCUT2D eigenvalue weighted by Gasteiger charge is 2.27. The van der Waals surface area contributed by atoms with Gasteiger partial charge in [-0.2, -0.15) is 0 Å². The highest BCUT2D eigenvalue weighted by atomic mass is 16.5. The van der Waals surface area contributed by atoms with Crippen molar-refractivity contribution in [1.29, 1.82) is 0 Å². The number of urea groups is 1. The molecule has 1 fully saturated rings. The molecule has 25 heavy (non-hydrogen) atoms. The Kier molecular flexibility index (Phi) is 7.10. The van der Waals surface area contributed by atoms with Crippen LogP contribution in [-0.4, -0.2) is 55.0 Å². The number of rotatable bonds is 7. The molecule has 3 amide bonds. The van der Waals surface area contributed by atoms with Crippen molar-refractivity contribution < 1.29 is 14.3 Å². The molecular formula is C19H29N3O3. The van der Waals surface area contributed by atoms with Crippen LogP contribution in [0.1, 0.15) is 32.3 Å². The minimum absolute atomic E-state index is 0.0221. The molecule has 0 radical (unpaired) electrons. The molecule has 0 bridgehead atoms. The van der Waals surface area contributed by atoms with Gasteiger partial charge in [-0.25, -0.2) is 4.79 Å². The zero-order chi connectivity index (χ0) is 18.2. The Morgan fingerprint density at radius 1 is 1.36 bits per heavy atom. The molecule has 1 aliphatic rings. The van der Waals surface area contributed by atoms with Gasteiger partial charge in [0.05, 0.1) is 7.11 Å². The summed E-state index contributed by atoms with van der Waals surface area (Å²) < 4.78 is 5.22. The fraction of sp³-hybridized carbons (Fsp3) is 0.579. The van der Waals surface area contributed by atoms with Gasteiger partial charge in [-0.1, -0.05) is 32.4 Å². The van der Waals surface area contributed by atoms with Crippen LogP contribution in [0.4, 0.5) is 4.79 Å². The number of hydrogen-bond acceptors (Lipinski definition) is 3. The quantitative estimate of drug-likeness (QED) is 0.824. The van der Waals surface area contributed by atoms with Gasteiger partial charge < -0.3 is 19.9 Å². The Bertz CT molecular complexity index is 591. The lowest BCUT2D eigenvalue weighted by molar-refractivity contribution is -0.135. The van der Waals surface area contributed by atoms with Gasteiger partial charge in [0, 0.05) is 26.2 Å². The number of hydrogen-bond donors (Lipinski definition) is 1. The molecule has 1 N–H and O–H groups in total. The SMILES string of the molecule is CCC(C)CCNC(=O)N1CCN(Cc2cccc(OC)c2)C(=O)C1. The summed E-state index contributed by atoms with van der Waals surface area (Å²) >= 11 is 0. The molecule has 2 rings (SSSR count). The number of ether oxygens (including phenoxy) is 1. The maximum atomic E-state index is 12.4. The molecular weight excluding hydrogens is 318 g/mol. The van der Waals surface area contributed by atoms with Gasteiger partial charge in [-0.3, -0.25) is 4.79 Å². The van der Waals surface area contributed by atoms with E-state index in [4.69, 9.17) is 4.74 Å². The van der Waals surface area contributed by atoms with E-state index in [0.717, 1.165) is 24.2 Å². The molecule has 6 heteroatoms. The Balaban J connectivity index is 1.81. The summed E-state index contributed by atoms with van der Waals surface area (Å²) in [6.45, 7) is 6.77. The van der Waals surface area contributed by atoms with Crippen molar-refractivity contribution in [1.82, 2.24) is 15.1 Å². The zero-order valence-electron chi connectivity index (χ0n) is 15.5. The molecule has 138 valence electrons. The number of benzene rings is 1. The summed E-state index contributed by atoms with van der Waals surface area (Å²) in [7, 11) is 1.63. The number of methoxy groups -OCH3 is 1. The Hall–Kier alpha value is -2.24. The predicted octanol–water partition coefficient (Wildman–Crippen LogP) is 2.49.